The molecule has 0 aliphatic rings. The number of hydrogen-bond acceptors (Lipinski definition) is 4. The van der Waals surface area contributed by atoms with Crippen LogP contribution >= 0.6 is 0 Å². The standard InChI is InChI=1S/C20H23NO4/c1-4-14-7-6-8-15(5-2)19(14)21-18(23)12-25-20(24)16-10-9-13(3)11-17(16)22/h6-11,22H,4-5,12H2,1-3H3,(H,21,23). The summed E-state index contributed by atoms with van der Waals surface area (Å²) in [6.45, 7) is 5.43. The number of aromatic hydroxyl groups is 1. The molecule has 0 aromatic heterocycles. The summed E-state index contributed by atoms with van der Waals surface area (Å²) in [4.78, 5) is 24.2. The molecule has 0 aliphatic heterocycles. The highest BCUT2D eigenvalue weighted by molar-refractivity contribution is 5.97. The number of rotatable bonds is 6. The van der Waals surface area contributed by atoms with Gasteiger partial charge in [0.15, 0.2) is 6.61 Å². The Morgan fingerprint density at radius 2 is 1.72 bits per heavy atom. The van der Waals surface area contributed by atoms with Gasteiger partial charge in [0.2, 0.25) is 0 Å². The Balaban J connectivity index is 2.03. The second-order valence-electron chi connectivity index (χ2n) is 5.80. The molecule has 25 heavy (non-hydrogen) atoms. The number of amides is 1. The van der Waals surface area contributed by atoms with Crippen molar-refractivity contribution in [2.24, 2.45) is 0 Å². The molecule has 0 spiro atoms. The van der Waals surface area contributed by atoms with Crippen molar-refractivity contribution in [2.75, 3.05) is 11.9 Å². The first kappa shape index (κ1) is 18.5. The first-order chi connectivity index (χ1) is 12.0. The van der Waals surface area contributed by atoms with Gasteiger partial charge in [-0.05, 0) is 48.6 Å². The Hall–Kier alpha value is -2.82. The van der Waals surface area contributed by atoms with Gasteiger partial charge >= 0.3 is 5.97 Å². The Kier molecular flexibility index (Phi) is 6.17. The fraction of sp³-hybridized carbons (Fsp3) is 0.300. The second-order valence-corrected chi connectivity index (χ2v) is 5.80. The van der Waals surface area contributed by atoms with Crippen LogP contribution in [-0.4, -0.2) is 23.6 Å². The molecule has 132 valence electrons. The molecule has 0 saturated heterocycles. The predicted octanol–water partition coefficient (Wildman–Crippen LogP) is 3.62. The molecule has 0 atom stereocenters. The van der Waals surface area contributed by atoms with Crippen LogP contribution in [0.25, 0.3) is 0 Å². The average Bonchev–Trinajstić information content (AvgIpc) is 2.59. The molecule has 5 nitrogen and oxygen atoms in total. The molecule has 2 aromatic rings. The van der Waals surface area contributed by atoms with E-state index in [0.29, 0.717) is 0 Å². The number of benzene rings is 2. The SMILES string of the molecule is CCc1cccc(CC)c1NC(=O)COC(=O)c1ccc(C)cc1O. The topological polar surface area (TPSA) is 75.6 Å². The van der Waals surface area contributed by atoms with Crippen molar-refractivity contribution in [3.63, 3.8) is 0 Å². The number of esters is 1. The van der Waals surface area contributed by atoms with Gasteiger partial charge in [-0.25, -0.2) is 4.79 Å². The zero-order chi connectivity index (χ0) is 18.4. The summed E-state index contributed by atoms with van der Waals surface area (Å²) in [5.74, 6) is -1.29. The van der Waals surface area contributed by atoms with Crippen LogP contribution in [0.5, 0.6) is 5.75 Å². The van der Waals surface area contributed by atoms with E-state index < -0.39 is 18.5 Å². The first-order valence-corrected chi connectivity index (χ1v) is 8.33. The molecular weight excluding hydrogens is 318 g/mol. The number of hydrogen-bond donors (Lipinski definition) is 2. The number of anilines is 1. The van der Waals surface area contributed by atoms with E-state index in [4.69, 9.17) is 4.74 Å². The van der Waals surface area contributed by atoms with Crippen LogP contribution in [0.1, 0.15) is 40.9 Å². The van der Waals surface area contributed by atoms with Gasteiger partial charge in [-0.3, -0.25) is 4.79 Å². The van der Waals surface area contributed by atoms with Crippen LogP contribution in [0, 0.1) is 6.92 Å². The number of para-hydroxylation sites is 1. The van der Waals surface area contributed by atoms with Crippen LogP contribution in [-0.2, 0) is 22.4 Å². The van der Waals surface area contributed by atoms with Gasteiger partial charge in [-0.1, -0.05) is 38.1 Å². The lowest BCUT2D eigenvalue weighted by Gasteiger charge is -2.14. The maximum Gasteiger partial charge on any atom is 0.342 e. The third kappa shape index (κ3) is 4.59. The molecule has 0 heterocycles. The van der Waals surface area contributed by atoms with Crippen molar-refractivity contribution in [1.29, 1.82) is 0 Å². The van der Waals surface area contributed by atoms with Gasteiger partial charge in [0.25, 0.3) is 5.91 Å². The van der Waals surface area contributed by atoms with Crippen LogP contribution in [0.4, 0.5) is 5.69 Å². The smallest absolute Gasteiger partial charge is 0.342 e. The zero-order valence-corrected chi connectivity index (χ0v) is 14.8. The van der Waals surface area contributed by atoms with Crippen LogP contribution < -0.4 is 5.32 Å². The Morgan fingerprint density at radius 1 is 1.08 bits per heavy atom. The van der Waals surface area contributed by atoms with E-state index in [2.05, 4.69) is 5.32 Å². The summed E-state index contributed by atoms with van der Waals surface area (Å²) in [7, 11) is 0. The van der Waals surface area contributed by atoms with Gasteiger partial charge in [0.1, 0.15) is 11.3 Å². The largest absolute Gasteiger partial charge is 0.507 e. The number of carbonyl (C=O) groups is 2. The summed E-state index contributed by atoms with van der Waals surface area (Å²) < 4.78 is 5.02. The summed E-state index contributed by atoms with van der Waals surface area (Å²) in [5, 5.41) is 12.6. The summed E-state index contributed by atoms with van der Waals surface area (Å²) >= 11 is 0. The van der Waals surface area contributed by atoms with E-state index in [0.717, 1.165) is 35.2 Å². The van der Waals surface area contributed by atoms with E-state index in [-0.39, 0.29) is 11.3 Å². The van der Waals surface area contributed by atoms with Crippen molar-refractivity contribution in [3.8, 4) is 5.75 Å². The van der Waals surface area contributed by atoms with Crippen LogP contribution in [0.15, 0.2) is 36.4 Å². The van der Waals surface area contributed by atoms with Gasteiger partial charge in [-0.15, -0.1) is 0 Å². The number of phenolic OH excluding ortho intramolecular Hbond substituents is 1. The maximum atomic E-state index is 12.2. The first-order valence-electron chi connectivity index (χ1n) is 8.33. The summed E-state index contributed by atoms with van der Waals surface area (Å²) in [6, 6.07) is 10.5. The highest BCUT2D eigenvalue weighted by Crippen LogP contribution is 2.23. The van der Waals surface area contributed by atoms with E-state index in [1.807, 2.05) is 32.0 Å². The molecule has 1 amide bonds. The van der Waals surface area contributed by atoms with E-state index in [1.54, 1.807) is 13.0 Å². The average molecular weight is 341 g/mol. The molecule has 2 rings (SSSR count). The Bertz CT molecular complexity index is 761. The lowest BCUT2D eigenvalue weighted by Crippen LogP contribution is -2.22. The minimum absolute atomic E-state index is 0.0432. The number of ether oxygens (including phenoxy) is 1. The minimum atomic E-state index is -0.729. The van der Waals surface area contributed by atoms with E-state index in [1.165, 1.54) is 12.1 Å². The minimum Gasteiger partial charge on any atom is -0.507 e. The van der Waals surface area contributed by atoms with Crippen LogP contribution in [0.2, 0.25) is 0 Å². The molecule has 2 aromatic carbocycles. The van der Waals surface area contributed by atoms with Crippen molar-refractivity contribution in [2.45, 2.75) is 33.6 Å². The normalized spacial score (nSPS) is 10.4. The third-order valence-electron chi connectivity index (χ3n) is 3.97. The van der Waals surface area contributed by atoms with Crippen LogP contribution in [0.3, 0.4) is 0 Å². The van der Waals surface area contributed by atoms with Crippen molar-refractivity contribution >= 4 is 17.6 Å². The molecule has 2 N–H and O–H groups in total. The molecule has 0 bridgehead atoms. The van der Waals surface area contributed by atoms with Gasteiger partial charge in [0.05, 0.1) is 0 Å². The molecule has 0 aliphatic carbocycles. The van der Waals surface area contributed by atoms with Gasteiger partial charge in [0, 0.05) is 5.69 Å². The lowest BCUT2D eigenvalue weighted by molar-refractivity contribution is -0.119. The number of aryl methyl sites for hydroxylation is 3. The molecule has 0 radical (unpaired) electrons. The maximum absolute atomic E-state index is 12.2. The Morgan fingerprint density at radius 3 is 2.28 bits per heavy atom. The molecule has 5 heteroatoms. The highest BCUT2D eigenvalue weighted by atomic mass is 16.5. The molecular formula is C20H23NO4. The van der Waals surface area contributed by atoms with Crippen molar-refractivity contribution in [3.05, 3.63) is 58.7 Å². The Labute approximate surface area is 147 Å². The van der Waals surface area contributed by atoms with Gasteiger partial charge in [-0.2, -0.15) is 0 Å². The summed E-state index contributed by atoms with van der Waals surface area (Å²) in [5.41, 5.74) is 3.73. The molecule has 0 unspecified atom stereocenters. The molecule has 0 saturated carbocycles. The van der Waals surface area contributed by atoms with Crippen molar-refractivity contribution < 1.29 is 19.4 Å². The number of nitrogens with one attached hydrogen (secondary N) is 1. The zero-order valence-electron chi connectivity index (χ0n) is 14.8. The highest BCUT2D eigenvalue weighted by Gasteiger charge is 2.16. The number of phenols is 1. The van der Waals surface area contributed by atoms with E-state index >= 15 is 0 Å². The monoisotopic (exact) mass is 341 g/mol. The van der Waals surface area contributed by atoms with E-state index in [9.17, 15) is 14.7 Å². The van der Waals surface area contributed by atoms with Crippen molar-refractivity contribution in [1.82, 2.24) is 0 Å². The fourth-order valence-electron chi connectivity index (χ4n) is 2.60. The lowest BCUT2D eigenvalue weighted by atomic mass is 10.0. The molecule has 0 fully saturated rings. The van der Waals surface area contributed by atoms with Gasteiger partial charge < -0.3 is 15.2 Å². The second kappa shape index (κ2) is 8.33. The number of carbonyl (C=O) groups excluding carboxylic acids is 2. The quantitative estimate of drug-likeness (QED) is 0.787. The predicted molar refractivity (Wildman–Crippen MR) is 97.0 cm³/mol. The fourth-order valence-corrected chi connectivity index (χ4v) is 2.60. The summed E-state index contributed by atoms with van der Waals surface area (Å²) in [6.07, 6.45) is 1.58. The third-order valence-corrected chi connectivity index (χ3v) is 3.97.